The lowest BCUT2D eigenvalue weighted by Gasteiger charge is -2.24. The molecule has 0 aliphatic heterocycles. The summed E-state index contributed by atoms with van der Waals surface area (Å²) >= 11 is 0. The number of carbonyl (C=O) groups excluding carboxylic acids is 2. The maximum atomic E-state index is 13.2. The van der Waals surface area contributed by atoms with E-state index in [2.05, 4.69) is 26.1 Å². The van der Waals surface area contributed by atoms with Gasteiger partial charge in [0.05, 0.1) is 25.2 Å². The van der Waals surface area contributed by atoms with E-state index in [-0.39, 0.29) is 24.9 Å². The molecule has 0 bridgehead atoms. The fourth-order valence-corrected chi connectivity index (χ4v) is 9.32. The van der Waals surface area contributed by atoms with E-state index in [0.717, 1.165) is 38.5 Å². The van der Waals surface area contributed by atoms with Crippen molar-refractivity contribution in [1.82, 2.24) is 5.32 Å². The Bertz CT molecular complexity index is 913. The summed E-state index contributed by atoms with van der Waals surface area (Å²) in [7, 11) is 0. The number of rotatable bonds is 53. The molecular weight excluding hydrogens is 779 g/mol. The van der Waals surface area contributed by atoms with Crippen LogP contribution in [-0.2, 0) is 14.3 Å². The SMILES string of the molecule is CCCCCCCCCCCCCCCCCCCCC(=O)OC(CCCCCCCCCCCC)CC(=O)NC(CO)C(O)CCCCCCCCCCCCCCCCCC. The molecule has 0 saturated heterocycles. The predicted octanol–water partition coefficient (Wildman–Crippen LogP) is 17.5. The molecule has 6 heteroatoms. The first-order valence-electron chi connectivity index (χ1n) is 28.8. The molecule has 3 atom stereocenters. The van der Waals surface area contributed by atoms with Crippen LogP contribution in [0.2, 0.25) is 0 Å². The van der Waals surface area contributed by atoms with Crippen LogP contribution in [0.3, 0.4) is 0 Å². The van der Waals surface area contributed by atoms with Crippen molar-refractivity contribution in [2.75, 3.05) is 6.61 Å². The van der Waals surface area contributed by atoms with Gasteiger partial charge in [0.1, 0.15) is 6.10 Å². The Morgan fingerprint density at radius 3 is 0.968 bits per heavy atom. The molecule has 0 aliphatic rings. The molecule has 0 heterocycles. The van der Waals surface area contributed by atoms with E-state index in [0.29, 0.717) is 19.3 Å². The second-order valence-corrected chi connectivity index (χ2v) is 20.1. The molecule has 0 aliphatic carbocycles. The van der Waals surface area contributed by atoms with E-state index in [1.165, 1.54) is 244 Å². The molecule has 0 aromatic rings. The van der Waals surface area contributed by atoms with Gasteiger partial charge >= 0.3 is 5.97 Å². The maximum Gasteiger partial charge on any atom is 0.306 e. The van der Waals surface area contributed by atoms with Gasteiger partial charge < -0.3 is 20.3 Å². The van der Waals surface area contributed by atoms with Gasteiger partial charge in [0.15, 0.2) is 0 Å². The van der Waals surface area contributed by atoms with Crippen LogP contribution in [0.4, 0.5) is 0 Å². The molecule has 0 rings (SSSR count). The molecule has 0 radical (unpaired) electrons. The highest BCUT2D eigenvalue weighted by atomic mass is 16.5. The van der Waals surface area contributed by atoms with E-state index in [4.69, 9.17) is 4.74 Å². The van der Waals surface area contributed by atoms with Crippen molar-refractivity contribution in [3.63, 3.8) is 0 Å². The van der Waals surface area contributed by atoms with E-state index in [9.17, 15) is 19.8 Å². The number of esters is 1. The Labute approximate surface area is 394 Å². The Hall–Kier alpha value is -1.14. The third-order valence-corrected chi connectivity index (χ3v) is 13.7. The largest absolute Gasteiger partial charge is 0.462 e. The minimum atomic E-state index is -0.780. The van der Waals surface area contributed by atoms with Gasteiger partial charge in [-0.15, -0.1) is 0 Å². The van der Waals surface area contributed by atoms with Gasteiger partial charge in [0.25, 0.3) is 0 Å². The number of hydrogen-bond acceptors (Lipinski definition) is 5. The van der Waals surface area contributed by atoms with Crippen LogP contribution in [-0.4, -0.2) is 46.9 Å². The maximum absolute atomic E-state index is 13.2. The van der Waals surface area contributed by atoms with Crippen molar-refractivity contribution in [2.45, 2.75) is 347 Å². The first-order chi connectivity index (χ1) is 31.0. The Morgan fingerprint density at radius 1 is 0.397 bits per heavy atom. The van der Waals surface area contributed by atoms with Gasteiger partial charge in [0.2, 0.25) is 5.91 Å². The highest BCUT2D eigenvalue weighted by Crippen LogP contribution is 2.19. The molecule has 3 N–H and O–H groups in total. The smallest absolute Gasteiger partial charge is 0.306 e. The van der Waals surface area contributed by atoms with E-state index >= 15 is 0 Å². The monoisotopic (exact) mass is 892 g/mol. The summed E-state index contributed by atoms with van der Waals surface area (Å²) in [5.74, 6) is -0.447. The molecule has 0 spiro atoms. The highest BCUT2D eigenvalue weighted by molar-refractivity contribution is 5.77. The minimum Gasteiger partial charge on any atom is -0.462 e. The number of amides is 1. The number of nitrogens with one attached hydrogen (secondary N) is 1. The molecule has 6 nitrogen and oxygen atoms in total. The standard InChI is InChI=1S/C57H113NO5/c1-4-7-10-13-16-19-22-24-26-28-29-31-33-35-38-41-44-47-50-57(62)63-53(48-45-42-39-36-21-18-15-12-9-6-3)51-56(61)58-54(52-59)55(60)49-46-43-40-37-34-32-30-27-25-23-20-17-14-11-8-5-2/h53-55,59-60H,4-52H2,1-3H3,(H,58,61). The molecular formula is C57H113NO5. The van der Waals surface area contributed by atoms with Crippen molar-refractivity contribution < 1.29 is 24.5 Å². The van der Waals surface area contributed by atoms with Gasteiger partial charge in [-0.2, -0.15) is 0 Å². The lowest BCUT2D eigenvalue weighted by Crippen LogP contribution is -2.46. The first-order valence-corrected chi connectivity index (χ1v) is 28.8. The number of ether oxygens (including phenoxy) is 1. The number of unbranched alkanes of at least 4 members (excludes halogenated alkanes) is 41. The van der Waals surface area contributed by atoms with Crippen LogP contribution in [0.15, 0.2) is 0 Å². The molecule has 376 valence electrons. The molecule has 0 saturated carbocycles. The van der Waals surface area contributed by atoms with Gasteiger partial charge in [-0.3, -0.25) is 9.59 Å². The van der Waals surface area contributed by atoms with Crippen LogP contribution in [0.1, 0.15) is 329 Å². The molecule has 0 fully saturated rings. The topological polar surface area (TPSA) is 95.9 Å². The Morgan fingerprint density at radius 2 is 0.667 bits per heavy atom. The molecule has 63 heavy (non-hydrogen) atoms. The Balaban J connectivity index is 4.36. The van der Waals surface area contributed by atoms with Gasteiger partial charge in [0, 0.05) is 6.42 Å². The number of aliphatic hydroxyl groups is 2. The second kappa shape index (κ2) is 51.8. The summed E-state index contributed by atoms with van der Waals surface area (Å²) < 4.78 is 5.95. The fourth-order valence-electron chi connectivity index (χ4n) is 9.32. The predicted molar refractivity (Wildman–Crippen MR) is 274 cm³/mol. The second-order valence-electron chi connectivity index (χ2n) is 20.1. The number of carbonyl (C=O) groups is 2. The normalized spacial score (nSPS) is 13.0. The van der Waals surface area contributed by atoms with Gasteiger partial charge in [-0.25, -0.2) is 0 Å². The van der Waals surface area contributed by atoms with Crippen LogP contribution in [0.5, 0.6) is 0 Å². The minimum absolute atomic E-state index is 0.0879. The van der Waals surface area contributed by atoms with Crippen molar-refractivity contribution in [3.05, 3.63) is 0 Å². The quantitative estimate of drug-likeness (QED) is 0.0418. The third kappa shape index (κ3) is 47.2. The van der Waals surface area contributed by atoms with Gasteiger partial charge in [-0.1, -0.05) is 290 Å². The average molecular weight is 893 g/mol. The summed E-state index contributed by atoms with van der Waals surface area (Å²) in [6.07, 6.45) is 57.5. The molecule has 1 amide bonds. The number of hydrogen-bond donors (Lipinski definition) is 3. The van der Waals surface area contributed by atoms with Crippen molar-refractivity contribution in [1.29, 1.82) is 0 Å². The van der Waals surface area contributed by atoms with Crippen molar-refractivity contribution in [3.8, 4) is 0 Å². The zero-order valence-corrected chi connectivity index (χ0v) is 43.0. The average Bonchev–Trinajstić information content (AvgIpc) is 3.28. The van der Waals surface area contributed by atoms with E-state index in [1.807, 2.05) is 0 Å². The first kappa shape index (κ1) is 61.9. The van der Waals surface area contributed by atoms with Crippen molar-refractivity contribution in [2.24, 2.45) is 0 Å². The zero-order valence-electron chi connectivity index (χ0n) is 43.0. The summed E-state index contributed by atoms with van der Waals surface area (Å²) in [6.45, 7) is 6.53. The summed E-state index contributed by atoms with van der Waals surface area (Å²) in [6, 6.07) is -0.692. The van der Waals surface area contributed by atoms with Crippen LogP contribution >= 0.6 is 0 Å². The number of aliphatic hydroxyl groups excluding tert-OH is 2. The van der Waals surface area contributed by atoms with E-state index < -0.39 is 18.2 Å². The van der Waals surface area contributed by atoms with Crippen LogP contribution < -0.4 is 5.32 Å². The zero-order chi connectivity index (χ0) is 45.9. The molecule has 0 aromatic heterocycles. The fraction of sp³-hybridized carbons (Fsp3) is 0.965. The van der Waals surface area contributed by atoms with E-state index in [1.54, 1.807) is 0 Å². The lowest BCUT2D eigenvalue weighted by molar-refractivity contribution is -0.151. The van der Waals surface area contributed by atoms with Gasteiger partial charge in [-0.05, 0) is 25.7 Å². The van der Waals surface area contributed by atoms with Crippen molar-refractivity contribution >= 4 is 11.9 Å². The lowest BCUT2D eigenvalue weighted by atomic mass is 10.0. The highest BCUT2D eigenvalue weighted by Gasteiger charge is 2.24. The molecule has 0 aromatic carbocycles. The molecule has 3 unspecified atom stereocenters. The summed E-state index contributed by atoms with van der Waals surface area (Å²) in [5, 5.41) is 23.9. The van der Waals surface area contributed by atoms with Crippen LogP contribution in [0.25, 0.3) is 0 Å². The third-order valence-electron chi connectivity index (χ3n) is 13.7. The Kier molecular flexibility index (Phi) is 50.9. The summed E-state index contributed by atoms with van der Waals surface area (Å²) in [4.78, 5) is 26.2. The van der Waals surface area contributed by atoms with Crippen LogP contribution in [0, 0.1) is 0 Å². The summed E-state index contributed by atoms with van der Waals surface area (Å²) in [5.41, 5.74) is 0.